The Hall–Kier alpha value is -3.21. The van der Waals surface area contributed by atoms with Crippen LogP contribution in [0.15, 0.2) is 65.8 Å². The van der Waals surface area contributed by atoms with Crippen LogP contribution < -0.4 is 10.2 Å². The Morgan fingerprint density at radius 3 is 2.54 bits per heavy atom. The van der Waals surface area contributed by atoms with E-state index in [1.807, 2.05) is 67.6 Å². The van der Waals surface area contributed by atoms with Crippen LogP contribution in [-0.4, -0.2) is 22.8 Å². The van der Waals surface area contributed by atoms with Crippen molar-refractivity contribution in [3.8, 4) is 17.0 Å². The third-order valence-corrected chi connectivity index (χ3v) is 4.20. The van der Waals surface area contributed by atoms with E-state index in [0.29, 0.717) is 11.6 Å². The molecular weight excluding hydrogens is 348 g/mol. The molecule has 0 aliphatic heterocycles. The number of benzene rings is 2. The number of aryl methyl sites for hydroxylation is 1. The van der Waals surface area contributed by atoms with Crippen LogP contribution in [-0.2, 0) is 0 Å². The molecule has 144 valence electrons. The molecule has 28 heavy (non-hydrogen) atoms. The zero-order chi connectivity index (χ0) is 19.6. The van der Waals surface area contributed by atoms with E-state index >= 15 is 0 Å². The maximum absolute atomic E-state index is 5.73. The molecule has 0 aliphatic rings. The molecule has 1 heterocycles. The van der Waals surface area contributed by atoms with Gasteiger partial charge in [0.2, 0.25) is 0 Å². The predicted molar refractivity (Wildman–Crippen MR) is 115 cm³/mol. The highest BCUT2D eigenvalue weighted by Gasteiger charge is 2.03. The van der Waals surface area contributed by atoms with Gasteiger partial charge in [-0.25, -0.2) is 9.97 Å². The molecular formula is C23H26N4O. The van der Waals surface area contributed by atoms with Gasteiger partial charge in [-0.05, 0) is 43.2 Å². The maximum Gasteiger partial charge on any atom is 0.150 e. The van der Waals surface area contributed by atoms with Gasteiger partial charge in [0.15, 0.2) is 0 Å². The van der Waals surface area contributed by atoms with E-state index in [2.05, 4.69) is 27.4 Å². The van der Waals surface area contributed by atoms with Crippen LogP contribution in [0.1, 0.15) is 37.6 Å². The van der Waals surface area contributed by atoms with Crippen LogP contribution in [0.4, 0.5) is 5.82 Å². The number of rotatable bonds is 9. The molecule has 2 aromatic carbocycles. The van der Waals surface area contributed by atoms with E-state index in [-0.39, 0.29) is 0 Å². The molecule has 5 heteroatoms. The SMILES string of the molecule is CCCCCOc1ccc(/C=N/Nc2cc(-c3ccccc3)nc(C)n2)cc1. The topological polar surface area (TPSA) is 59.4 Å². The van der Waals surface area contributed by atoms with Crippen LogP contribution >= 0.6 is 0 Å². The largest absolute Gasteiger partial charge is 0.494 e. The molecule has 0 spiro atoms. The fourth-order valence-electron chi connectivity index (χ4n) is 2.75. The number of hydrogen-bond acceptors (Lipinski definition) is 5. The number of unbranched alkanes of at least 4 members (excludes halogenated alkanes) is 2. The number of hydrogen-bond donors (Lipinski definition) is 1. The van der Waals surface area contributed by atoms with Crippen molar-refractivity contribution in [3.63, 3.8) is 0 Å². The minimum absolute atomic E-state index is 0.665. The van der Waals surface area contributed by atoms with E-state index in [0.717, 1.165) is 35.6 Å². The lowest BCUT2D eigenvalue weighted by molar-refractivity contribution is 0.306. The second-order valence-corrected chi connectivity index (χ2v) is 6.55. The molecule has 0 saturated heterocycles. The quantitative estimate of drug-likeness (QED) is 0.307. The molecule has 0 atom stereocenters. The summed E-state index contributed by atoms with van der Waals surface area (Å²) in [7, 11) is 0. The number of ether oxygens (including phenoxy) is 1. The van der Waals surface area contributed by atoms with Gasteiger partial charge in [0.05, 0.1) is 18.5 Å². The second-order valence-electron chi connectivity index (χ2n) is 6.55. The number of anilines is 1. The van der Waals surface area contributed by atoms with E-state index in [1.165, 1.54) is 12.8 Å². The highest BCUT2D eigenvalue weighted by Crippen LogP contribution is 2.19. The lowest BCUT2D eigenvalue weighted by Crippen LogP contribution is -1.99. The molecule has 1 aromatic heterocycles. The zero-order valence-corrected chi connectivity index (χ0v) is 16.4. The van der Waals surface area contributed by atoms with E-state index in [1.54, 1.807) is 6.21 Å². The average molecular weight is 374 g/mol. The van der Waals surface area contributed by atoms with Crippen molar-refractivity contribution in [2.45, 2.75) is 33.1 Å². The molecule has 0 fully saturated rings. The Morgan fingerprint density at radius 1 is 1.00 bits per heavy atom. The first-order valence-electron chi connectivity index (χ1n) is 9.67. The number of nitrogens with zero attached hydrogens (tertiary/aromatic N) is 3. The molecule has 1 N–H and O–H groups in total. The van der Waals surface area contributed by atoms with Gasteiger partial charge >= 0.3 is 0 Å². The highest BCUT2D eigenvalue weighted by atomic mass is 16.5. The van der Waals surface area contributed by atoms with Crippen LogP contribution in [0.2, 0.25) is 0 Å². The smallest absolute Gasteiger partial charge is 0.150 e. The fourth-order valence-corrected chi connectivity index (χ4v) is 2.75. The first-order valence-corrected chi connectivity index (χ1v) is 9.67. The van der Waals surface area contributed by atoms with Crippen LogP contribution in [0.25, 0.3) is 11.3 Å². The van der Waals surface area contributed by atoms with Gasteiger partial charge in [0.25, 0.3) is 0 Å². The van der Waals surface area contributed by atoms with E-state index < -0.39 is 0 Å². The monoisotopic (exact) mass is 374 g/mol. The first-order chi connectivity index (χ1) is 13.7. The average Bonchev–Trinajstić information content (AvgIpc) is 2.73. The van der Waals surface area contributed by atoms with Crippen LogP contribution in [0, 0.1) is 6.92 Å². The third-order valence-electron chi connectivity index (χ3n) is 4.20. The Kier molecular flexibility index (Phi) is 7.13. The highest BCUT2D eigenvalue weighted by molar-refractivity contribution is 5.80. The van der Waals surface area contributed by atoms with Gasteiger partial charge in [-0.15, -0.1) is 0 Å². The molecule has 0 aliphatic carbocycles. The molecule has 3 rings (SSSR count). The lowest BCUT2D eigenvalue weighted by Gasteiger charge is -2.06. The molecule has 3 aromatic rings. The number of aromatic nitrogens is 2. The second kappa shape index (κ2) is 10.2. The summed E-state index contributed by atoms with van der Waals surface area (Å²) < 4.78 is 5.73. The van der Waals surface area contributed by atoms with Crippen molar-refractivity contribution < 1.29 is 4.74 Å². The Balaban J connectivity index is 1.59. The van der Waals surface area contributed by atoms with Gasteiger partial charge in [-0.1, -0.05) is 50.1 Å². The molecule has 0 amide bonds. The van der Waals surface area contributed by atoms with Crippen molar-refractivity contribution in [1.29, 1.82) is 0 Å². The minimum Gasteiger partial charge on any atom is -0.494 e. The molecule has 0 bridgehead atoms. The van der Waals surface area contributed by atoms with Gasteiger partial charge < -0.3 is 4.74 Å². The van der Waals surface area contributed by atoms with E-state index in [4.69, 9.17) is 4.74 Å². The summed E-state index contributed by atoms with van der Waals surface area (Å²) in [5.74, 6) is 2.25. The van der Waals surface area contributed by atoms with Crippen molar-refractivity contribution in [3.05, 3.63) is 72.1 Å². The summed E-state index contributed by atoms with van der Waals surface area (Å²) in [6.45, 7) is 4.83. The third kappa shape index (κ3) is 5.91. The molecule has 5 nitrogen and oxygen atoms in total. The number of nitrogens with one attached hydrogen (secondary N) is 1. The summed E-state index contributed by atoms with van der Waals surface area (Å²) in [6.07, 6.45) is 5.25. The normalized spacial score (nSPS) is 10.9. The Bertz CT molecular complexity index is 892. The van der Waals surface area contributed by atoms with Crippen molar-refractivity contribution in [2.75, 3.05) is 12.0 Å². The fraction of sp³-hybridized carbons (Fsp3) is 0.261. The maximum atomic E-state index is 5.73. The summed E-state index contributed by atoms with van der Waals surface area (Å²) in [6, 6.07) is 19.8. The molecule has 0 radical (unpaired) electrons. The Morgan fingerprint density at radius 2 is 1.79 bits per heavy atom. The van der Waals surface area contributed by atoms with Gasteiger partial charge in [0.1, 0.15) is 17.4 Å². The zero-order valence-electron chi connectivity index (χ0n) is 16.4. The van der Waals surface area contributed by atoms with Gasteiger partial charge in [-0.2, -0.15) is 5.10 Å². The van der Waals surface area contributed by atoms with Gasteiger partial charge in [0, 0.05) is 11.6 Å². The van der Waals surface area contributed by atoms with Crippen LogP contribution in [0.5, 0.6) is 5.75 Å². The molecule has 0 saturated carbocycles. The standard InChI is InChI=1S/C23H26N4O/c1-3-4-8-15-28-21-13-11-19(12-14-21)17-24-27-23-16-22(25-18(2)26-23)20-9-6-5-7-10-20/h5-7,9-14,16-17H,3-4,8,15H2,1-2H3,(H,25,26,27)/b24-17+. The Labute approximate surface area is 166 Å². The van der Waals surface area contributed by atoms with Crippen molar-refractivity contribution in [1.82, 2.24) is 9.97 Å². The summed E-state index contributed by atoms with van der Waals surface area (Å²) in [5.41, 5.74) is 5.90. The van der Waals surface area contributed by atoms with Gasteiger partial charge in [-0.3, -0.25) is 5.43 Å². The first kappa shape index (κ1) is 19.5. The van der Waals surface area contributed by atoms with Crippen molar-refractivity contribution >= 4 is 12.0 Å². The van der Waals surface area contributed by atoms with Crippen LogP contribution in [0.3, 0.4) is 0 Å². The minimum atomic E-state index is 0.665. The molecule has 0 unspecified atom stereocenters. The van der Waals surface area contributed by atoms with E-state index in [9.17, 15) is 0 Å². The lowest BCUT2D eigenvalue weighted by atomic mass is 10.1. The predicted octanol–water partition coefficient (Wildman–Crippen LogP) is 5.47. The summed E-state index contributed by atoms with van der Waals surface area (Å²) >= 11 is 0. The number of hydrazone groups is 1. The summed E-state index contributed by atoms with van der Waals surface area (Å²) in [4.78, 5) is 8.90. The van der Waals surface area contributed by atoms with Crippen molar-refractivity contribution in [2.24, 2.45) is 5.10 Å². The summed E-state index contributed by atoms with van der Waals surface area (Å²) in [5, 5.41) is 4.30.